The van der Waals surface area contributed by atoms with Crippen molar-refractivity contribution in [3.63, 3.8) is 0 Å². The highest BCUT2D eigenvalue weighted by molar-refractivity contribution is 5.81. The average molecular weight is 706 g/mol. The van der Waals surface area contributed by atoms with Gasteiger partial charge in [0.15, 0.2) is 0 Å². The first-order valence-corrected chi connectivity index (χ1v) is 19.1. The van der Waals surface area contributed by atoms with Gasteiger partial charge in [0.05, 0.1) is 19.6 Å². The van der Waals surface area contributed by atoms with E-state index >= 15 is 0 Å². The minimum Gasteiger partial charge on any atom is -0.496 e. The normalized spacial score (nSPS) is 19.5. The van der Waals surface area contributed by atoms with E-state index in [9.17, 15) is 9.59 Å². The molecule has 0 heterocycles. The second-order valence-electron chi connectivity index (χ2n) is 13.6. The fraction of sp³-hybridized carbons (Fsp3) is 0.581. The van der Waals surface area contributed by atoms with Crippen LogP contribution >= 0.6 is 0 Å². The lowest BCUT2D eigenvalue weighted by molar-refractivity contribution is -0.140. The van der Waals surface area contributed by atoms with E-state index in [0.29, 0.717) is 24.6 Å². The Labute approximate surface area is 307 Å². The van der Waals surface area contributed by atoms with Gasteiger partial charge >= 0.3 is 5.97 Å². The molecule has 2 fully saturated rings. The Kier molecular flexibility index (Phi) is 22.9. The van der Waals surface area contributed by atoms with Crippen LogP contribution in [0.5, 0.6) is 17.2 Å². The van der Waals surface area contributed by atoms with Gasteiger partial charge in [-0.25, -0.2) is 0 Å². The summed E-state index contributed by atoms with van der Waals surface area (Å²) >= 11 is 0. The smallest absolute Gasteiger partial charge is 0.314 e. The standard InChI is InChI=1S/C21H30O5.C19H29NO.C3H4O/c1-24-14-4-2-3-5-15-25-19-10-12-20(13-11-19)26-21(23)18-8-6-17(16-22)7-9-18;1-3-4-5-6-15-7-9-16(10-8-15)17-11-12-19(21-2)18(13-17)14-20;1-2-3-4/h10-13,16-18H,2-9,14-15H2,1H3;11-16,20H,3-10H2,1-2H3;2-3H,1H2. The second kappa shape index (κ2) is 26.9. The van der Waals surface area contributed by atoms with Crippen molar-refractivity contribution in [2.45, 2.75) is 116 Å². The number of carbonyl (C=O) groups excluding carboxylic acids is 3. The molecule has 0 aliphatic heterocycles. The average Bonchev–Trinajstić information content (AvgIpc) is 3.18. The summed E-state index contributed by atoms with van der Waals surface area (Å²) in [6.45, 7) is 6.90. The van der Waals surface area contributed by atoms with Gasteiger partial charge in [0, 0.05) is 31.4 Å². The molecular weight excluding hydrogens is 642 g/mol. The molecule has 4 rings (SSSR count). The largest absolute Gasteiger partial charge is 0.496 e. The molecule has 8 heteroatoms. The van der Waals surface area contributed by atoms with Crippen LogP contribution in [0.3, 0.4) is 0 Å². The molecule has 51 heavy (non-hydrogen) atoms. The van der Waals surface area contributed by atoms with Gasteiger partial charge in [0.25, 0.3) is 0 Å². The number of esters is 1. The lowest BCUT2D eigenvalue weighted by Gasteiger charge is -2.29. The van der Waals surface area contributed by atoms with Gasteiger partial charge in [-0.05, 0) is 131 Å². The molecule has 2 aliphatic rings. The van der Waals surface area contributed by atoms with E-state index in [1.54, 1.807) is 26.4 Å². The molecule has 0 bridgehead atoms. The van der Waals surface area contributed by atoms with Gasteiger partial charge in [0.2, 0.25) is 0 Å². The van der Waals surface area contributed by atoms with Crippen LogP contribution in [0.15, 0.2) is 55.1 Å². The van der Waals surface area contributed by atoms with Gasteiger partial charge in [0.1, 0.15) is 29.8 Å². The summed E-state index contributed by atoms with van der Waals surface area (Å²) in [6.07, 6.45) is 22.6. The third kappa shape index (κ3) is 17.3. The number of allylic oxidation sites excluding steroid dienone is 1. The van der Waals surface area contributed by atoms with Gasteiger partial charge < -0.3 is 29.2 Å². The molecule has 2 saturated carbocycles. The monoisotopic (exact) mass is 705 g/mol. The SMILES string of the molecule is C=CC=O.CCCCCC1CCC(c2ccc(OC)c(C=N)c2)CC1.COCCCCCCOc1ccc(OC(=O)C2CCC(C=O)CC2)cc1. The van der Waals surface area contributed by atoms with Crippen molar-refractivity contribution < 1.29 is 33.3 Å². The van der Waals surface area contributed by atoms with E-state index in [2.05, 4.69) is 25.6 Å². The summed E-state index contributed by atoms with van der Waals surface area (Å²) in [5.74, 6) is 3.58. The van der Waals surface area contributed by atoms with Crippen LogP contribution in [0, 0.1) is 23.2 Å². The molecule has 2 aromatic rings. The summed E-state index contributed by atoms with van der Waals surface area (Å²) in [5.41, 5.74) is 2.29. The van der Waals surface area contributed by atoms with E-state index in [0.717, 1.165) is 87.2 Å². The zero-order valence-corrected chi connectivity index (χ0v) is 31.5. The van der Waals surface area contributed by atoms with Gasteiger partial charge in [-0.2, -0.15) is 0 Å². The van der Waals surface area contributed by atoms with Crippen molar-refractivity contribution in [2.24, 2.45) is 17.8 Å². The van der Waals surface area contributed by atoms with E-state index < -0.39 is 0 Å². The topological polar surface area (TPSA) is 112 Å². The highest BCUT2D eigenvalue weighted by Crippen LogP contribution is 2.38. The van der Waals surface area contributed by atoms with Crippen LogP contribution in [-0.4, -0.2) is 52.2 Å². The van der Waals surface area contributed by atoms with Crippen molar-refractivity contribution in [3.05, 3.63) is 66.2 Å². The maximum atomic E-state index is 12.2. The second-order valence-corrected chi connectivity index (χ2v) is 13.6. The predicted molar refractivity (Wildman–Crippen MR) is 205 cm³/mol. The van der Waals surface area contributed by atoms with Crippen LogP contribution in [0.4, 0.5) is 0 Å². The van der Waals surface area contributed by atoms with Crippen LogP contribution in [0.2, 0.25) is 0 Å². The minimum absolute atomic E-state index is 0.0970. The van der Waals surface area contributed by atoms with E-state index in [1.807, 2.05) is 18.2 Å². The molecule has 2 aromatic carbocycles. The Morgan fingerprint density at radius 1 is 0.824 bits per heavy atom. The van der Waals surface area contributed by atoms with Crippen molar-refractivity contribution in [1.29, 1.82) is 5.41 Å². The minimum atomic E-state index is -0.195. The first kappa shape index (κ1) is 43.4. The first-order chi connectivity index (χ1) is 24.9. The molecule has 2 aliphatic carbocycles. The van der Waals surface area contributed by atoms with Crippen LogP contribution in [0.25, 0.3) is 0 Å². The molecule has 282 valence electrons. The zero-order chi connectivity index (χ0) is 37.1. The quantitative estimate of drug-likeness (QED) is 0.0387. The molecule has 0 radical (unpaired) electrons. The molecule has 0 spiro atoms. The number of unbranched alkanes of at least 4 members (excludes halogenated alkanes) is 5. The Bertz CT molecular complexity index is 1260. The number of rotatable bonds is 19. The maximum Gasteiger partial charge on any atom is 0.314 e. The number of hydrogen-bond acceptors (Lipinski definition) is 8. The number of carbonyl (C=O) groups is 3. The zero-order valence-electron chi connectivity index (χ0n) is 31.5. The van der Waals surface area contributed by atoms with Crippen LogP contribution < -0.4 is 14.2 Å². The Hall–Kier alpha value is -3.78. The predicted octanol–water partition coefficient (Wildman–Crippen LogP) is 10.1. The number of hydrogen-bond donors (Lipinski definition) is 1. The molecular formula is C43H63NO7. The molecule has 0 unspecified atom stereocenters. The lowest BCUT2D eigenvalue weighted by atomic mass is 9.77. The van der Waals surface area contributed by atoms with Crippen molar-refractivity contribution in [3.8, 4) is 17.2 Å². The lowest BCUT2D eigenvalue weighted by Crippen LogP contribution is -2.26. The Morgan fingerprint density at radius 3 is 2.04 bits per heavy atom. The van der Waals surface area contributed by atoms with Crippen molar-refractivity contribution in [1.82, 2.24) is 0 Å². The van der Waals surface area contributed by atoms with Crippen LogP contribution in [-0.2, 0) is 19.1 Å². The Morgan fingerprint density at radius 2 is 1.47 bits per heavy atom. The van der Waals surface area contributed by atoms with Gasteiger partial charge in [-0.3, -0.25) is 9.59 Å². The first-order valence-electron chi connectivity index (χ1n) is 19.1. The van der Waals surface area contributed by atoms with Crippen molar-refractivity contribution >= 4 is 24.8 Å². The fourth-order valence-electron chi connectivity index (χ4n) is 6.77. The summed E-state index contributed by atoms with van der Waals surface area (Å²) < 4.78 is 21.5. The number of ether oxygens (including phenoxy) is 4. The highest BCUT2D eigenvalue weighted by Gasteiger charge is 2.27. The number of nitrogens with one attached hydrogen (secondary N) is 1. The third-order valence-corrected chi connectivity index (χ3v) is 9.89. The highest BCUT2D eigenvalue weighted by atomic mass is 16.5. The summed E-state index contributed by atoms with van der Waals surface area (Å²) in [7, 11) is 3.39. The molecule has 0 atom stereocenters. The summed E-state index contributed by atoms with van der Waals surface area (Å²) in [5, 5.41) is 7.52. The number of aldehydes is 2. The van der Waals surface area contributed by atoms with Crippen molar-refractivity contribution in [2.75, 3.05) is 27.4 Å². The van der Waals surface area contributed by atoms with E-state index in [-0.39, 0.29) is 17.8 Å². The molecule has 0 amide bonds. The molecule has 1 N–H and O–H groups in total. The molecule has 0 saturated heterocycles. The number of benzene rings is 2. The van der Waals surface area contributed by atoms with Gasteiger partial charge in [-0.15, -0.1) is 0 Å². The summed E-state index contributed by atoms with van der Waals surface area (Å²) in [6, 6.07) is 13.5. The number of methoxy groups -OCH3 is 2. The van der Waals surface area contributed by atoms with E-state index in [1.165, 1.54) is 69.2 Å². The Balaban J connectivity index is 0.000000325. The van der Waals surface area contributed by atoms with Crippen LogP contribution in [0.1, 0.15) is 127 Å². The molecule has 0 aromatic heterocycles. The molecule has 8 nitrogen and oxygen atoms in total. The maximum absolute atomic E-state index is 12.2. The third-order valence-electron chi connectivity index (χ3n) is 9.89. The fourth-order valence-corrected chi connectivity index (χ4v) is 6.77. The summed E-state index contributed by atoms with van der Waals surface area (Å²) in [4.78, 5) is 32.1. The van der Waals surface area contributed by atoms with E-state index in [4.69, 9.17) is 29.2 Å². The van der Waals surface area contributed by atoms with Gasteiger partial charge in [-0.1, -0.05) is 51.7 Å².